The van der Waals surface area contributed by atoms with E-state index in [-0.39, 0.29) is 0 Å². The Morgan fingerprint density at radius 3 is 3.00 bits per heavy atom. The van der Waals surface area contributed by atoms with Gasteiger partial charge < -0.3 is 5.32 Å². The fourth-order valence-electron chi connectivity index (χ4n) is 2.91. The van der Waals surface area contributed by atoms with Gasteiger partial charge in [0, 0.05) is 19.3 Å². The van der Waals surface area contributed by atoms with Crippen LogP contribution in [-0.4, -0.2) is 33.4 Å². The van der Waals surface area contributed by atoms with Crippen molar-refractivity contribution in [1.82, 2.24) is 19.9 Å². The van der Waals surface area contributed by atoms with E-state index in [4.69, 9.17) is 0 Å². The first-order chi connectivity index (χ1) is 10.3. The maximum Gasteiger partial charge on any atom is 0.144 e. The van der Waals surface area contributed by atoms with Crippen LogP contribution in [0.15, 0.2) is 30.6 Å². The average Bonchev–Trinajstić information content (AvgIpc) is 2.95. The largest absolute Gasteiger partial charge is 0.372 e. The summed E-state index contributed by atoms with van der Waals surface area (Å²) in [5.74, 6) is 0.827. The van der Waals surface area contributed by atoms with Crippen molar-refractivity contribution in [1.29, 1.82) is 0 Å². The molecule has 1 fully saturated rings. The molecular formula is C16H21N5. The van der Waals surface area contributed by atoms with Crippen LogP contribution in [0.5, 0.6) is 0 Å². The molecule has 0 aromatic carbocycles. The molecule has 3 rings (SSSR count). The molecule has 1 atom stereocenters. The minimum absolute atomic E-state index is 0.341. The molecule has 0 aliphatic carbocycles. The van der Waals surface area contributed by atoms with Gasteiger partial charge in [0.15, 0.2) is 0 Å². The monoisotopic (exact) mass is 283 g/mol. The predicted octanol–water partition coefficient (Wildman–Crippen LogP) is 2.56. The van der Waals surface area contributed by atoms with Crippen LogP contribution in [0.3, 0.4) is 0 Å². The molecule has 0 bridgehead atoms. The minimum Gasteiger partial charge on any atom is -0.372 e. The third-order valence-corrected chi connectivity index (χ3v) is 3.93. The Balaban J connectivity index is 1.78. The van der Waals surface area contributed by atoms with Gasteiger partial charge in [-0.2, -0.15) is 0 Å². The van der Waals surface area contributed by atoms with Crippen molar-refractivity contribution in [3.8, 4) is 0 Å². The van der Waals surface area contributed by atoms with Crippen molar-refractivity contribution in [3.63, 3.8) is 0 Å². The molecule has 0 radical (unpaired) electrons. The van der Waals surface area contributed by atoms with E-state index in [2.05, 4.69) is 37.3 Å². The van der Waals surface area contributed by atoms with Gasteiger partial charge in [0.2, 0.25) is 0 Å². The number of nitrogens with zero attached hydrogens (tertiary/aromatic N) is 4. The van der Waals surface area contributed by atoms with Gasteiger partial charge in [-0.25, -0.2) is 4.98 Å². The summed E-state index contributed by atoms with van der Waals surface area (Å²) in [4.78, 5) is 16.0. The molecule has 1 aliphatic heterocycles. The van der Waals surface area contributed by atoms with Gasteiger partial charge in [0.05, 0.1) is 29.8 Å². The lowest BCUT2D eigenvalue weighted by atomic mass is 10.1. The smallest absolute Gasteiger partial charge is 0.144 e. The number of rotatable bonds is 4. The van der Waals surface area contributed by atoms with Gasteiger partial charge in [-0.15, -0.1) is 0 Å². The fraction of sp³-hybridized carbons (Fsp3) is 0.438. The normalized spacial score (nSPS) is 18.9. The highest BCUT2D eigenvalue weighted by atomic mass is 15.2. The number of pyridine rings is 1. The summed E-state index contributed by atoms with van der Waals surface area (Å²) >= 11 is 0. The number of aromatic nitrogens is 3. The molecule has 0 amide bonds. The van der Waals surface area contributed by atoms with E-state index in [9.17, 15) is 0 Å². The third kappa shape index (κ3) is 3.19. The van der Waals surface area contributed by atoms with Gasteiger partial charge in [-0.3, -0.25) is 14.9 Å². The molecule has 3 heterocycles. The summed E-state index contributed by atoms with van der Waals surface area (Å²) in [5, 5.41) is 3.06. The zero-order valence-electron chi connectivity index (χ0n) is 12.6. The summed E-state index contributed by atoms with van der Waals surface area (Å²) in [6, 6.07) is 6.54. The Bertz CT molecular complexity index is 613. The van der Waals surface area contributed by atoms with Crippen LogP contribution in [0, 0.1) is 6.92 Å². The molecule has 0 spiro atoms. The number of aryl methyl sites for hydroxylation is 1. The second kappa shape index (κ2) is 6.18. The predicted molar refractivity (Wildman–Crippen MR) is 82.9 cm³/mol. The van der Waals surface area contributed by atoms with Crippen LogP contribution in [0.4, 0.5) is 5.82 Å². The zero-order chi connectivity index (χ0) is 14.7. The number of likely N-dealkylation sites (tertiary alicyclic amines) is 1. The minimum atomic E-state index is 0.341. The zero-order valence-corrected chi connectivity index (χ0v) is 12.6. The summed E-state index contributed by atoms with van der Waals surface area (Å²) in [6.45, 7) is 4.00. The van der Waals surface area contributed by atoms with E-state index in [1.165, 1.54) is 6.42 Å². The molecule has 1 aliphatic rings. The van der Waals surface area contributed by atoms with Crippen molar-refractivity contribution >= 4 is 5.82 Å². The van der Waals surface area contributed by atoms with Gasteiger partial charge in [0.25, 0.3) is 0 Å². The molecule has 21 heavy (non-hydrogen) atoms. The van der Waals surface area contributed by atoms with Gasteiger partial charge >= 0.3 is 0 Å². The molecule has 0 unspecified atom stereocenters. The Morgan fingerprint density at radius 2 is 2.19 bits per heavy atom. The second-order valence-corrected chi connectivity index (χ2v) is 5.48. The number of anilines is 1. The number of nitrogens with one attached hydrogen (secondary N) is 1. The van der Waals surface area contributed by atoms with Crippen LogP contribution in [-0.2, 0) is 6.54 Å². The number of hydrogen-bond acceptors (Lipinski definition) is 5. The quantitative estimate of drug-likeness (QED) is 0.934. The van der Waals surface area contributed by atoms with E-state index < -0.39 is 0 Å². The molecule has 5 nitrogen and oxygen atoms in total. The molecule has 0 saturated carbocycles. The standard InChI is InChI=1S/C16H21N5/c1-12-5-3-6-13(19-12)11-21-8-4-7-15(21)14-9-18-10-16(17-2)20-14/h3,5-6,9-10,15H,4,7-8,11H2,1-2H3,(H,17,20)/t15-/m0/s1. The SMILES string of the molecule is CNc1cncc([C@@H]2CCCN2Cc2cccc(C)n2)n1. The Labute approximate surface area is 125 Å². The summed E-state index contributed by atoms with van der Waals surface area (Å²) in [6.07, 6.45) is 5.97. The summed E-state index contributed by atoms with van der Waals surface area (Å²) in [5.41, 5.74) is 3.24. The molecule has 2 aromatic rings. The highest BCUT2D eigenvalue weighted by Gasteiger charge is 2.27. The van der Waals surface area contributed by atoms with Crippen molar-refractivity contribution in [2.24, 2.45) is 0 Å². The lowest BCUT2D eigenvalue weighted by Crippen LogP contribution is -2.24. The molecule has 1 N–H and O–H groups in total. The van der Waals surface area contributed by atoms with Crippen LogP contribution in [0.1, 0.15) is 36.0 Å². The Hall–Kier alpha value is -2.01. The molecular weight excluding hydrogens is 262 g/mol. The highest BCUT2D eigenvalue weighted by molar-refractivity contribution is 5.31. The highest BCUT2D eigenvalue weighted by Crippen LogP contribution is 2.31. The summed E-state index contributed by atoms with van der Waals surface area (Å²) < 4.78 is 0. The van der Waals surface area contributed by atoms with Crippen molar-refractivity contribution in [2.75, 3.05) is 18.9 Å². The molecule has 110 valence electrons. The van der Waals surface area contributed by atoms with Crippen molar-refractivity contribution < 1.29 is 0 Å². The van der Waals surface area contributed by atoms with E-state index in [0.717, 1.165) is 42.4 Å². The third-order valence-electron chi connectivity index (χ3n) is 3.93. The fourth-order valence-corrected chi connectivity index (χ4v) is 2.91. The maximum atomic E-state index is 4.65. The molecule has 2 aromatic heterocycles. The van der Waals surface area contributed by atoms with E-state index in [1.807, 2.05) is 26.2 Å². The van der Waals surface area contributed by atoms with Crippen molar-refractivity contribution in [3.05, 3.63) is 47.7 Å². The van der Waals surface area contributed by atoms with Crippen LogP contribution in [0.25, 0.3) is 0 Å². The maximum absolute atomic E-state index is 4.65. The lowest BCUT2D eigenvalue weighted by Gasteiger charge is -2.23. The summed E-state index contributed by atoms with van der Waals surface area (Å²) in [7, 11) is 1.87. The van der Waals surface area contributed by atoms with E-state index in [1.54, 1.807) is 6.20 Å². The van der Waals surface area contributed by atoms with Crippen LogP contribution in [0.2, 0.25) is 0 Å². The Kier molecular flexibility index (Phi) is 4.10. The van der Waals surface area contributed by atoms with Crippen LogP contribution < -0.4 is 5.32 Å². The average molecular weight is 283 g/mol. The van der Waals surface area contributed by atoms with Gasteiger partial charge in [-0.05, 0) is 38.4 Å². The van der Waals surface area contributed by atoms with Gasteiger partial charge in [0.1, 0.15) is 5.82 Å². The first kappa shape index (κ1) is 13.9. The first-order valence-electron chi connectivity index (χ1n) is 7.42. The molecule has 5 heteroatoms. The second-order valence-electron chi connectivity index (χ2n) is 5.48. The van der Waals surface area contributed by atoms with E-state index in [0.29, 0.717) is 6.04 Å². The topological polar surface area (TPSA) is 53.9 Å². The van der Waals surface area contributed by atoms with Crippen LogP contribution >= 0.6 is 0 Å². The number of hydrogen-bond donors (Lipinski definition) is 1. The van der Waals surface area contributed by atoms with E-state index >= 15 is 0 Å². The first-order valence-corrected chi connectivity index (χ1v) is 7.42. The lowest BCUT2D eigenvalue weighted by molar-refractivity contribution is 0.241. The van der Waals surface area contributed by atoms with Crippen molar-refractivity contribution in [2.45, 2.75) is 32.4 Å². The molecule has 1 saturated heterocycles. The van der Waals surface area contributed by atoms with Gasteiger partial charge in [-0.1, -0.05) is 6.07 Å². The Morgan fingerprint density at radius 1 is 1.29 bits per heavy atom.